The van der Waals surface area contributed by atoms with Crippen LogP contribution in [0.1, 0.15) is 11.3 Å². The van der Waals surface area contributed by atoms with Crippen molar-refractivity contribution in [1.82, 2.24) is 4.98 Å². The summed E-state index contributed by atoms with van der Waals surface area (Å²) in [6.45, 7) is 0. The van der Waals surface area contributed by atoms with Gasteiger partial charge < -0.3 is 5.73 Å². The number of nitrogens with zero attached hydrogens (tertiary/aromatic N) is 2. The topological polar surface area (TPSA) is 62.7 Å². The average Bonchev–Trinajstić information content (AvgIpc) is 2.37. The van der Waals surface area contributed by atoms with Crippen molar-refractivity contribution in [3.8, 4) is 6.07 Å². The van der Waals surface area contributed by atoms with Crippen LogP contribution in [0.15, 0.2) is 47.5 Å². The number of thioether (sulfide) groups is 1. The lowest BCUT2D eigenvalue weighted by Crippen LogP contribution is -1.87. The zero-order valence-corrected chi connectivity index (χ0v) is 9.95. The Hall–Kier alpha value is -1.99. The van der Waals surface area contributed by atoms with Crippen molar-refractivity contribution in [3.63, 3.8) is 0 Å². The number of pyridine rings is 1. The van der Waals surface area contributed by atoms with Crippen molar-refractivity contribution in [3.05, 3.63) is 53.9 Å². The molecule has 4 heteroatoms. The van der Waals surface area contributed by atoms with E-state index in [9.17, 15) is 0 Å². The summed E-state index contributed by atoms with van der Waals surface area (Å²) in [7, 11) is 0. The van der Waals surface area contributed by atoms with Crippen molar-refractivity contribution in [2.75, 3.05) is 5.73 Å². The van der Waals surface area contributed by atoms with E-state index in [1.54, 1.807) is 24.0 Å². The van der Waals surface area contributed by atoms with E-state index in [0.29, 0.717) is 5.69 Å². The van der Waals surface area contributed by atoms with Crippen LogP contribution in [0.5, 0.6) is 0 Å². The molecule has 0 aliphatic carbocycles. The molecule has 1 aromatic carbocycles. The molecule has 0 saturated heterocycles. The van der Waals surface area contributed by atoms with Crippen molar-refractivity contribution in [1.29, 1.82) is 5.26 Å². The smallest absolute Gasteiger partial charge is 0.140 e. The van der Waals surface area contributed by atoms with Crippen LogP contribution in [0.2, 0.25) is 0 Å². The van der Waals surface area contributed by atoms with E-state index in [-0.39, 0.29) is 0 Å². The Kier molecular flexibility index (Phi) is 3.63. The first-order valence-corrected chi connectivity index (χ1v) is 6.10. The van der Waals surface area contributed by atoms with Gasteiger partial charge in [0.25, 0.3) is 0 Å². The highest BCUT2D eigenvalue weighted by Gasteiger charge is 1.99. The monoisotopic (exact) mass is 241 g/mol. The number of benzene rings is 1. The second-order valence-corrected chi connectivity index (χ2v) is 4.57. The fourth-order valence-electron chi connectivity index (χ4n) is 1.40. The lowest BCUT2D eigenvalue weighted by atomic mass is 10.2. The second-order valence-electron chi connectivity index (χ2n) is 3.52. The quantitative estimate of drug-likeness (QED) is 0.663. The third-order valence-corrected chi connectivity index (χ3v) is 3.27. The molecule has 17 heavy (non-hydrogen) atoms. The maximum Gasteiger partial charge on any atom is 0.140 e. The summed E-state index contributed by atoms with van der Waals surface area (Å²) in [5.41, 5.74) is 8.01. The van der Waals surface area contributed by atoms with Crippen molar-refractivity contribution in [2.45, 2.75) is 10.6 Å². The molecule has 1 heterocycles. The minimum atomic E-state index is 0.454. The SMILES string of the molecule is N#Cc1cc(CSc2cccc(N)c2)ccn1. The first kappa shape index (κ1) is 11.5. The van der Waals surface area contributed by atoms with Gasteiger partial charge in [-0.3, -0.25) is 0 Å². The Morgan fingerprint density at radius 2 is 2.18 bits per heavy atom. The lowest BCUT2D eigenvalue weighted by molar-refractivity contribution is 1.22. The molecule has 0 unspecified atom stereocenters. The third-order valence-electron chi connectivity index (χ3n) is 2.20. The number of anilines is 1. The molecule has 0 radical (unpaired) electrons. The molecular weight excluding hydrogens is 230 g/mol. The van der Waals surface area contributed by atoms with Gasteiger partial charge in [-0.25, -0.2) is 4.98 Å². The first-order chi connectivity index (χ1) is 8.28. The average molecular weight is 241 g/mol. The molecule has 0 fully saturated rings. The van der Waals surface area contributed by atoms with Gasteiger partial charge in [0.2, 0.25) is 0 Å². The summed E-state index contributed by atoms with van der Waals surface area (Å²) in [6, 6.07) is 13.5. The molecule has 0 saturated carbocycles. The Morgan fingerprint density at radius 1 is 1.29 bits per heavy atom. The van der Waals surface area contributed by atoms with Crippen LogP contribution in [0.4, 0.5) is 5.69 Å². The van der Waals surface area contributed by atoms with Crippen LogP contribution < -0.4 is 5.73 Å². The molecule has 2 aromatic rings. The highest BCUT2D eigenvalue weighted by atomic mass is 32.2. The van der Waals surface area contributed by atoms with Gasteiger partial charge >= 0.3 is 0 Å². The highest BCUT2D eigenvalue weighted by Crippen LogP contribution is 2.24. The zero-order valence-electron chi connectivity index (χ0n) is 9.13. The van der Waals surface area contributed by atoms with Crippen molar-refractivity contribution < 1.29 is 0 Å². The standard InChI is InChI=1S/C13H11N3S/c14-8-12-6-10(4-5-16-12)9-17-13-3-1-2-11(15)7-13/h1-7H,9,15H2. The van der Waals surface area contributed by atoms with Crippen molar-refractivity contribution in [2.24, 2.45) is 0 Å². The van der Waals surface area contributed by atoms with Gasteiger partial charge in [-0.2, -0.15) is 5.26 Å². The van der Waals surface area contributed by atoms with E-state index < -0.39 is 0 Å². The van der Waals surface area contributed by atoms with Crippen LogP contribution >= 0.6 is 11.8 Å². The largest absolute Gasteiger partial charge is 0.399 e. The molecule has 2 N–H and O–H groups in total. The molecule has 84 valence electrons. The van der Waals surface area contributed by atoms with Gasteiger partial charge in [0.15, 0.2) is 0 Å². The predicted octanol–water partition coefficient (Wildman–Crippen LogP) is 2.83. The number of aromatic nitrogens is 1. The van der Waals surface area contributed by atoms with Gasteiger partial charge in [-0.05, 0) is 35.9 Å². The fraction of sp³-hybridized carbons (Fsp3) is 0.0769. The molecule has 0 aliphatic rings. The van der Waals surface area contributed by atoms with E-state index in [0.717, 1.165) is 21.9 Å². The molecule has 0 spiro atoms. The van der Waals surface area contributed by atoms with Crippen LogP contribution in [0.25, 0.3) is 0 Å². The molecule has 0 atom stereocenters. The second kappa shape index (κ2) is 5.37. The maximum absolute atomic E-state index is 8.75. The van der Waals surface area contributed by atoms with Crippen LogP contribution in [-0.4, -0.2) is 4.98 Å². The van der Waals surface area contributed by atoms with Gasteiger partial charge in [0, 0.05) is 22.5 Å². The molecule has 1 aromatic heterocycles. The van der Waals surface area contributed by atoms with Crippen molar-refractivity contribution >= 4 is 17.4 Å². The maximum atomic E-state index is 8.75. The van der Waals surface area contributed by atoms with E-state index in [1.807, 2.05) is 36.4 Å². The lowest BCUT2D eigenvalue weighted by Gasteiger charge is -2.03. The summed E-state index contributed by atoms with van der Waals surface area (Å²) in [5, 5.41) is 8.75. The molecular formula is C13H11N3S. The van der Waals surface area contributed by atoms with Crippen LogP contribution in [0, 0.1) is 11.3 Å². The molecule has 2 rings (SSSR count). The number of nitrogen functional groups attached to an aromatic ring is 1. The Labute approximate surface area is 104 Å². The minimum absolute atomic E-state index is 0.454. The van der Waals surface area contributed by atoms with E-state index in [4.69, 9.17) is 11.0 Å². The Bertz CT molecular complexity index is 561. The fourth-order valence-corrected chi connectivity index (χ4v) is 2.30. The van der Waals surface area contributed by atoms with Gasteiger partial charge in [-0.15, -0.1) is 11.8 Å². The molecule has 0 aliphatic heterocycles. The normalized spacial score (nSPS) is 9.82. The third kappa shape index (κ3) is 3.23. The number of nitrogens with two attached hydrogens (primary N) is 1. The van der Waals surface area contributed by atoms with Crippen LogP contribution in [-0.2, 0) is 5.75 Å². The van der Waals surface area contributed by atoms with E-state index in [1.165, 1.54) is 0 Å². The molecule has 0 amide bonds. The van der Waals surface area contributed by atoms with Gasteiger partial charge in [-0.1, -0.05) is 6.07 Å². The minimum Gasteiger partial charge on any atom is -0.399 e. The highest BCUT2D eigenvalue weighted by molar-refractivity contribution is 7.98. The van der Waals surface area contributed by atoms with Gasteiger partial charge in [0.1, 0.15) is 11.8 Å². The summed E-state index contributed by atoms with van der Waals surface area (Å²) < 4.78 is 0. The number of hydrogen-bond acceptors (Lipinski definition) is 4. The Balaban J connectivity index is 2.05. The summed E-state index contributed by atoms with van der Waals surface area (Å²) in [4.78, 5) is 5.06. The summed E-state index contributed by atoms with van der Waals surface area (Å²) >= 11 is 1.69. The number of nitriles is 1. The number of hydrogen-bond donors (Lipinski definition) is 1. The molecule has 3 nitrogen and oxygen atoms in total. The zero-order chi connectivity index (χ0) is 12.1. The summed E-state index contributed by atoms with van der Waals surface area (Å²) in [5.74, 6) is 0.806. The van der Waals surface area contributed by atoms with E-state index >= 15 is 0 Å². The summed E-state index contributed by atoms with van der Waals surface area (Å²) in [6.07, 6.45) is 1.66. The van der Waals surface area contributed by atoms with Gasteiger partial charge in [0.05, 0.1) is 0 Å². The predicted molar refractivity (Wildman–Crippen MR) is 69.4 cm³/mol. The van der Waals surface area contributed by atoms with Crippen LogP contribution in [0.3, 0.4) is 0 Å². The van der Waals surface area contributed by atoms with E-state index in [2.05, 4.69) is 4.98 Å². The molecule has 0 bridgehead atoms. The number of rotatable bonds is 3. The first-order valence-electron chi connectivity index (χ1n) is 5.11. The Morgan fingerprint density at radius 3 is 2.94 bits per heavy atom.